The van der Waals surface area contributed by atoms with Crippen LogP contribution in [0.1, 0.15) is 20.8 Å². The smallest absolute Gasteiger partial charge is 0.350 e. The second-order valence-electron chi connectivity index (χ2n) is 4.77. The Morgan fingerprint density at radius 1 is 1.36 bits per heavy atom. The predicted molar refractivity (Wildman–Crippen MR) is 95.5 cm³/mol. The molecule has 0 amide bonds. The van der Waals surface area contributed by atoms with E-state index in [1.807, 2.05) is 0 Å². The van der Waals surface area contributed by atoms with E-state index in [0.29, 0.717) is 18.8 Å². The van der Waals surface area contributed by atoms with Gasteiger partial charge in [-0.3, -0.25) is 0 Å². The number of anilines is 1. The van der Waals surface area contributed by atoms with Gasteiger partial charge in [-0.15, -0.1) is 0 Å². The summed E-state index contributed by atoms with van der Waals surface area (Å²) in [7, 11) is -3.74. The van der Waals surface area contributed by atoms with Gasteiger partial charge >= 0.3 is 5.97 Å². The molecule has 136 valence electrons. The van der Waals surface area contributed by atoms with Crippen LogP contribution in [0.15, 0.2) is 34.9 Å². The summed E-state index contributed by atoms with van der Waals surface area (Å²) in [6.07, 6.45) is 1.16. The molecular formula is C16H20ClN3O4S. The van der Waals surface area contributed by atoms with Gasteiger partial charge in [-0.25, -0.2) is 13.2 Å². The van der Waals surface area contributed by atoms with Crippen LogP contribution in [-0.2, 0) is 19.6 Å². The van der Waals surface area contributed by atoms with Crippen molar-refractivity contribution in [1.29, 1.82) is 5.26 Å². The van der Waals surface area contributed by atoms with E-state index in [4.69, 9.17) is 21.6 Å². The first kappa shape index (κ1) is 21.0. The van der Waals surface area contributed by atoms with Crippen molar-refractivity contribution in [2.24, 2.45) is 0 Å². The molecule has 0 aromatic heterocycles. The van der Waals surface area contributed by atoms with Gasteiger partial charge in [-0.05, 0) is 25.1 Å². The SMILES string of the molecule is CCOC(=O)/C(C#N)=C/Nc1ccc(Cl)c(S(=O)(=O)N(CC)CC)c1. The highest BCUT2D eigenvalue weighted by molar-refractivity contribution is 7.89. The first-order chi connectivity index (χ1) is 11.8. The zero-order chi connectivity index (χ0) is 19.0. The fourth-order valence-electron chi connectivity index (χ4n) is 1.99. The minimum atomic E-state index is -3.74. The van der Waals surface area contributed by atoms with Crippen molar-refractivity contribution in [3.63, 3.8) is 0 Å². The van der Waals surface area contributed by atoms with Crippen molar-refractivity contribution in [3.05, 3.63) is 35.0 Å². The molecule has 1 N–H and O–H groups in total. The van der Waals surface area contributed by atoms with Gasteiger partial charge in [0.05, 0.1) is 11.6 Å². The number of hydrogen-bond acceptors (Lipinski definition) is 6. The van der Waals surface area contributed by atoms with Gasteiger partial charge in [0.15, 0.2) is 5.57 Å². The average molecular weight is 386 g/mol. The molecule has 9 heteroatoms. The van der Waals surface area contributed by atoms with Gasteiger partial charge in [-0.1, -0.05) is 25.4 Å². The van der Waals surface area contributed by atoms with Crippen LogP contribution in [0.4, 0.5) is 5.69 Å². The van der Waals surface area contributed by atoms with Crippen molar-refractivity contribution in [3.8, 4) is 6.07 Å². The Bertz CT molecular complexity index is 796. The van der Waals surface area contributed by atoms with E-state index in [1.165, 1.54) is 16.4 Å². The lowest BCUT2D eigenvalue weighted by molar-refractivity contribution is -0.138. The molecule has 0 atom stereocenters. The lowest BCUT2D eigenvalue weighted by Crippen LogP contribution is -2.30. The number of rotatable bonds is 8. The van der Waals surface area contributed by atoms with E-state index in [-0.39, 0.29) is 22.1 Å². The van der Waals surface area contributed by atoms with E-state index in [9.17, 15) is 13.2 Å². The van der Waals surface area contributed by atoms with Crippen LogP contribution in [-0.4, -0.2) is 38.4 Å². The van der Waals surface area contributed by atoms with Crippen LogP contribution in [0.5, 0.6) is 0 Å². The molecule has 0 aliphatic carbocycles. The van der Waals surface area contributed by atoms with Crippen LogP contribution in [0.25, 0.3) is 0 Å². The van der Waals surface area contributed by atoms with Crippen molar-refractivity contribution >= 4 is 33.3 Å². The maximum absolute atomic E-state index is 12.6. The fourth-order valence-corrected chi connectivity index (χ4v) is 3.95. The first-order valence-corrected chi connectivity index (χ1v) is 9.47. The highest BCUT2D eigenvalue weighted by Gasteiger charge is 2.24. The third-order valence-corrected chi connectivity index (χ3v) is 5.78. The Labute approximate surface area is 152 Å². The normalized spacial score (nSPS) is 11.9. The summed E-state index contributed by atoms with van der Waals surface area (Å²) < 4.78 is 31.3. The Hall–Kier alpha value is -2.08. The molecule has 0 heterocycles. The maximum atomic E-state index is 12.6. The number of benzene rings is 1. The zero-order valence-electron chi connectivity index (χ0n) is 14.2. The van der Waals surface area contributed by atoms with Crippen LogP contribution >= 0.6 is 11.6 Å². The van der Waals surface area contributed by atoms with Gasteiger partial charge in [-0.2, -0.15) is 9.57 Å². The summed E-state index contributed by atoms with van der Waals surface area (Å²) >= 11 is 6.04. The number of hydrogen-bond donors (Lipinski definition) is 1. The number of nitrogens with one attached hydrogen (secondary N) is 1. The van der Waals surface area contributed by atoms with Crippen LogP contribution in [0, 0.1) is 11.3 Å². The topological polar surface area (TPSA) is 99.5 Å². The molecule has 25 heavy (non-hydrogen) atoms. The summed E-state index contributed by atoms with van der Waals surface area (Å²) in [6.45, 7) is 5.87. The zero-order valence-corrected chi connectivity index (χ0v) is 15.8. The predicted octanol–water partition coefficient (Wildman–Crippen LogP) is 2.75. The molecule has 7 nitrogen and oxygen atoms in total. The number of nitrogens with zero attached hydrogens (tertiary/aromatic N) is 2. The lowest BCUT2D eigenvalue weighted by Gasteiger charge is -2.19. The second kappa shape index (κ2) is 9.42. The number of halogens is 1. The summed E-state index contributed by atoms with van der Waals surface area (Å²) in [5, 5.41) is 11.8. The third-order valence-electron chi connectivity index (χ3n) is 3.25. The number of carbonyl (C=O) groups excluding carboxylic acids is 1. The van der Waals surface area contributed by atoms with E-state index >= 15 is 0 Å². The lowest BCUT2D eigenvalue weighted by atomic mass is 10.3. The van der Waals surface area contributed by atoms with Gasteiger partial charge in [0.25, 0.3) is 0 Å². The molecule has 0 unspecified atom stereocenters. The van der Waals surface area contributed by atoms with Gasteiger partial charge in [0.1, 0.15) is 11.0 Å². The quantitative estimate of drug-likeness (QED) is 0.419. The molecule has 0 spiro atoms. The van der Waals surface area contributed by atoms with E-state index in [0.717, 1.165) is 6.20 Å². The number of nitriles is 1. The molecule has 0 saturated heterocycles. The molecule has 1 rings (SSSR count). The summed E-state index contributed by atoms with van der Waals surface area (Å²) in [5.74, 6) is -0.762. The summed E-state index contributed by atoms with van der Waals surface area (Å²) in [6, 6.07) is 6.05. The van der Waals surface area contributed by atoms with E-state index in [1.54, 1.807) is 32.9 Å². The number of esters is 1. The molecule has 1 aromatic carbocycles. The van der Waals surface area contributed by atoms with Crippen LogP contribution in [0.3, 0.4) is 0 Å². The van der Waals surface area contributed by atoms with Crippen molar-refractivity contribution in [1.82, 2.24) is 4.31 Å². The number of ether oxygens (including phenoxy) is 1. The Kier molecular flexibility index (Phi) is 7.90. The first-order valence-electron chi connectivity index (χ1n) is 7.65. The van der Waals surface area contributed by atoms with E-state index < -0.39 is 16.0 Å². The molecule has 0 aliphatic rings. The Balaban J connectivity index is 3.18. The second-order valence-corrected chi connectivity index (χ2v) is 7.08. The Morgan fingerprint density at radius 3 is 2.52 bits per heavy atom. The minimum Gasteiger partial charge on any atom is -0.462 e. The molecular weight excluding hydrogens is 366 g/mol. The fraction of sp³-hybridized carbons (Fsp3) is 0.375. The highest BCUT2D eigenvalue weighted by atomic mass is 35.5. The van der Waals surface area contributed by atoms with Crippen molar-refractivity contribution in [2.45, 2.75) is 25.7 Å². The van der Waals surface area contributed by atoms with Crippen molar-refractivity contribution in [2.75, 3.05) is 25.0 Å². The highest BCUT2D eigenvalue weighted by Crippen LogP contribution is 2.27. The van der Waals surface area contributed by atoms with E-state index in [2.05, 4.69) is 5.32 Å². The number of sulfonamides is 1. The van der Waals surface area contributed by atoms with Crippen molar-refractivity contribution < 1.29 is 17.9 Å². The molecule has 0 aliphatic heterocycles. The summed E-state index contributed by atoms with van der Waals surface area (Å²) in [5.41, 5.74) is 0.136. The summed E-state index contributed by atoms with van der Waals surface area (Å²) in [4.78, 5) is 11.5. The molecule has 1 aromatic rings. The monoisotopic (exact) mass is 385 g/mol. The largest absolute Gasteiger partial charge is 0.462 e. The molecule has 0 radical (unpaired) electrons. The third kappa shape index (κ3) is 5.19. The minimum absolute atomic E-state index is 0.0501. The maximum Gasteiger partial charge on any atom is 0.350 e. The molecule has 0 fully saturated rings. The standard InChI is InChI=1S/C16H20ClN3O4S/c1-4-20(5-2)25(22,23)15-9-13(7-8-14(15)17)19-11-12(10-18)16(21)24-6-3/h7-9,11,19H,4-6H2,1-3H3/b12-11+. The van der Waals surface area contributed by atoms with Gasteiger partial charge in [0, 0.05) is 25.0 Å². The average Bonchev–Trinajstić information content (AvgIpc) is 2.57. The van der Waals surface area contributed by atoms with Crippen LogP contribution in [0.2, 0.25) is 5.02 Å². The van der Waals surface area contributed by atoms with Crippen LogP contribution < -0.4 is 5.32 Å². The van der Waals surface area contributed by atoms with Gasteiger partial charge < -0.3 is 10.1 Å². The molecule has 0 saturated carbocycles. The number of carbonyl (C=O) groups is 1. The molecule has 0 bridgehead atoms. The van der Waals surface area contributed by atoms with Gasteiger partial charge in [0.2, 0.25) is 10.0 Å². The Morgan fingerprint density at radius 2 is 2.00 bits per heavy atom.